The van der Waals surface area contributed by atoms with Crippen LogP contribution in [0.5, 0.6) is 23.0 Å². The number of nitrogens with zero attached hydrogens (tertiary/aromatic N) is 4. The predicted octanol–water partition coefficient (Wildman–Crippen LogP) is 7.03. The van der Waals surface area contributed by atoms with Crippen molar-refractivity contribution in [2.24, 2.45) is 0 Å². The highest BCUT2D eigenvalue weighted by Gasteiger charge is 2.44. The molecule has 1 aromatic heterocycles. The average Bonchev–Trinajstić information content (AvgIpc) is 3.49. The van der Waals surface area contributed by atoms with Crippen LogP contribution >= 0.6 is 0 Å². The SMILES string of the molecule is C=C1CCC(N2C(=O)c3ccc(Oc4ccc(N5CCN(CCOc6ccc([C@@H]7c8ccc(O)cc8CC[C@@H]7c7ccccc7)cc6)CC5)nc4)cc3C2=O)C(=O)N1. The maximum Gasteiger partial charge on any atom is 0.262 e. The lowest BCUT2D eigenvalue weighted by Crippen LogP contribution is -2.51. The molecule has 1 aliphatic carbocycles. The number of nitrogens with one attached hydrogen (secondary N) is 1. The lowest BCUT2D eigenvalue weighted by molar-refractivity contribution is -0.125. The Morgan fingerprint density at radius 2 is 1.52 bits per heavy atom. The van der Waals surface area contributed by atoms with E-state index in [4.69, 9.17) is 9.47 Å². The fraction of sp³-hybridized carbons (Fsp3) is 0.277. The van der Waals surface area contributed by atoms with Gasteiger partial charge in [0.15, 0.2) is 0 Å². The molecule has 3 amide bonds. The second kappa shape index (κ2) is 15.8. The minimum atomic E-state index is -0.864. The van der Waals surface area contributed by atoms with E-state index in [1.807, 2.05) is 18.2 Å². The summed E-state index contributed by atoms with van der Waals surface area (Å²) in [5.41, 5.74) is 6.15. The number of piperidine rings is 1. The molecule has 294 valence electrons. The van der Waals surface area contributed by atoms with Gasteiger partial charge in [0.25, 0.3) is 11.8 Å². The van der Waals surface area contributed by atoms with Gasteiger partial charge in [-0.1, -0.05) is 55.1 Å². The number of phenolic OH excluding ortho intramolecular Hbond substituents is 1. The number of rotatable bonds is 10. The van der Waals surface area contributed by atoms with Crippen LogP contribution in [0.3, 0.4) is 0 Å². The summed E-state index contributed by atoms with van der Waals surface area (Å²) >= 11 is 0. The summed E-state index contributed by atoms with van der Waals surface area (Å²) in [6.07, 6.45) is 4.48. The maximum atomic E-state index is 13.3. The lowest BCUT2D eigenvalue weighted by Gasteiger charge is -2.35. The molecule has 1 unspecified atom stereocenters. The molecular weight excluding hydrogens is 731 g/mol. The smallest absolute Gasteiger partial charge is 0.262 e. The van der Waals surface area contributed by atoms with Crippen molar-refractivity contribution in [2.45, 2.75) is 43.6 Å². The summed E-state index contributed by atoms with van der Waals surface area (Å²) < 4.78 is 12.3. The zero-order valence-electron chi connectivity index (χ0n) is 32.2. The van der Waals surface area contributed by atoms with E-state index in [1.54, 1.807) is 30.5 Å². The van der Waals surface area contributed by atoms with Gasteiger partial charge >= 0.3 is 0 Å². The number of aromatic nitrogens is 1. The molecule has 0 spiro atoms. The number of amides is 3. The van der Waals surface area contributed by atoms with Gasteiger partial charge in [0.1, 0.15) is 41.5 Å². The molecule has 11 heteroatoms. The molecular formula is C47H45N5O6. The number of phenols is 1. The van der Waals surface area contributed by atoms with Crippen LogP contribution in [0.25, 0.3) is 0 Å². The molecule has 9 rings (SSSR count). The van der Waals surface area contributed by atoms with E-state index in [1.165, 1.54) is 22.3 Å². The summed E-state index contributed by atoms with van der Waals surface area (Å²) in [4.78, 5) is 49.3. The van der Waals surface area contributed by atoms with Gasteiger partial charge in [-0.2, -0.15) is 0 Å². The van der Waals surface area contributed by atoms with Gasteiger partial charge in [0, 0.05) is 44.3 Å². The number of anilines is 1. The molecule has 3 aliphatic heterocycles. The molecule has 4 heterocycles. The van der Waals surface area contributed by atoms with Gasteiger partial charge in [0.05, 0.1) is 17.3 Å². The molecule has 4 aliphatic rings. The number of aryl methyl sites for hydroxylation is 1. The summed E-state index contributed by atoms with van der Waals surface area (Å²) in [6, 6.07) is 32.8. The number of hydrogen-bond donors (Lipinski definition) is 2. The van der Waals surface area contributed by atoms with Crippen molar-refractivity contribution < 1.29 is 29.0 Å². The lowest BCUT2D eigenvalue weighted by atomic mass is 9.69. The average molecular weight is 776 g/mol. The number of piperazine rings is 1. The number of carbonyl (C=O) groups excluding carboxylic acids is 3. The summed E-state index contributed by atoms with van der Waals surface area (Å²) in [5, 5.41) is 12.8. The normalized spacial score (nSPS) is 20.7. The van der Waals surface area contributed by atoms with E-state index in [0.717, 1.165) is 62.0 Å². The molecule has 0 radical (unpaired) electrons. The minimum absolute atomic E-state index is 0.201. The Labute approximate surface area is 337 Å². The van der Waals surface area contributed by atoms with Gasteiger partial charge in [-0.15, -0.1) is 0 Å². The molecule has 2 fully saturated rings. The van der Waals surface area contributed by atoms with Crippen LogP contribution in [0, 0.1) is 0 Å². The van der Waals surface area contributed by atoms with Gasteiger partial charge in [-0.25, -0.2) is 4.98 Å². The molecule has 0 bridgehead atoms. The third kappa shape index (κ3) is 7.41. The Balaban J connectivity index is 0.759. The van der Waals surface area contributed by atoms with Crippen LogP contribution in [0.1, 0.15) is 74.1 Å². The quantitative estimate of drug-likeness (QED) is 0.144. The number of allylic oxidation sites excluding steroid dienone is 1. The number of pyridine rings is 1. The highest BCUT2D eigenvalue weighted by Crippen LogP contribution is 2.47. The second-order valence-electron chi connectivity index (χ2n) is 15.5. The number of ether oxygens (including phenoxy) is 2. The number of benzene rings is 4. The standard InChI is InChI=1S/C47H45N5O6/c1-30-7-19-42(45(54)49-30)52-46(55)40-18-14-36(28-41(40)47(52)56)58-37-15-20-43(48-29-37)51-23-21-50(22-24-51)25-26-57-35-12-8-32(9-13-35)44-38(31-5-3-2-4-6-31)16-10-33-27-34(53)11-17-39(33)44/h2-6,8-9,11-15,17-18,20,27-29,38,42,44,53H,1,7,10,16,19,21-26H2,(H,49,54)/t38-,42?,44+/m1/s1. The molecule has 2 saturated heterocycles. The van der Waals surface area contributed by atoms with Gasteiger partial charge in [-0.05, 0) is 108 Å². The largest absolute Gasteiger partial charge is 0.508 e. The van der Waals surface area contributed by atoms with Crippen LogP contribution in [0.2, 0.25) is 0 Å². The van der Waals surface area contributed by atoms with Crippen LogP contribution in [0.4, 0.5) is 5.82 Å². The Hall–Kier alpha value is -6.46. The van der Waals surface area contributed by atoms with E-state index < -0.39 is 23.8 Å². The first kappa shape index (κ1) is 37.1. The van der Waals surface area contributed by atoms with Crippen molar-refractivity contribution in [2.75, 3.05) is 44.2 Å². The van der Waals surface area contributed by atoms with Gasteiger partial charge in [-0.3, -0.25) is 24.2 Å². The van der Waals surface area contributed by atoms with Gasteiger partial charge < -0.3 is 24.8 Å². The number of hydrogen-bond acceptors (Lipinski definition) is 9. The molecule has 11 nitrogen and oxygen atoms in total. The summed E-state index contributed by atoms with van der Waals surface area (Å²) in [5.74, 6) is 2.11. The van der Waals surface area contributed by atoms with E-state index in [2.05, 4.69) is 87.3 Å². The Kier molecular flexibility index (Phi) is 10.1. The van der Waals surface area contributed by atoms with Crippen molar-refractivity contribution in [1.82, 2.24) is 20.1 Å². The van der Waals surface area contributed by atoms with E-state index in [-0.39, 0.29) is 17.0 Å². The van der Waals surface area contributed by atoms with Crippen LogP contribution in [-0.4, -0.2) is 83.0 Å². The third-order valence-corrected chi connectivity index (χ3v) is 11.9. The first-order valence-corrected chi connectivity index (χ1v) is 20.0. The molecule has 0 saturated carbocycles. The van der Waals surface area contributed by atoms with E-state index in [9.17, 15) is 19.5 Å². The molecule has 5 aromatic rings. The zero-order valence-corrected chi connectivity index (χ0v) is 32.2. The maximum absolute atomic E-state index is 13.3. The number of fused-ring (bicyclic) bond motifs is 2. The van der Waals surface area contributed by atoms with Crippen molar-refractivity contribution in [3.05, 3.63) is 155 Å². The number of aromatic hydroxyl groups is 1. The summed E-state index contributed by atoms with van der Waals surface area (Å²) in [7, 11) is 0. The fourth-order valence-corrected chi connectivity index (χ4v) is 8.89. The first-order valence-electron chi connectivity index (χ1n) is 20.0. The number of carbonyl (C=O) groups is 3. The van der Waals surface area contributed by atoms with E-state index in [0.29, 0.717) is 48.3 Å². The van der Waals surface area contributed by atoms with Crippen molar-refractivity contribution >= 4 is 23.5 Å². The van der Waals surface area contributed by atoms with Crippen LogP contribution < -0.4 is 19.7 Å². The molecule has 3 atom stereocenters. The third-order valence-electron chi connectivity index (χ3n) is 11.9. The van der Waals surface area contributed by atoms with Crippen LogP contribution in [0.15, 0.2) is 122 Å². The summed E-state index contributed by atoms with van der Waals surface area (Å²) in [6.45, 7) is 8.62. The highest BCUT2D eigenvalue weighted by molar-refractivity contribution is 6.23. The second-order valence-corrected chi connectivity index (χ2v) is 15.5. The topological polar surface area (TPSA) is 125 Å². The Bertz CT molecular complexity index is 2360. The molecule has 2 N–H and O–H groups in total. The fourth-order valence-electron chi connectivity index (χ4n) is 8.89. The zero-order chi connectivity index (χ0) is 39.8. The monoisotopic (exact) mass is 775 g/mol. The van der Waals surface area contributed by atoms with Crippen molar-refractivity contribution in [3.8, 4) is 23.0 Å². The number of imide groups is 1. The first-order chi connectivity index (χ1) is 28.3. The van der Waals surface area contributed by atoms with E-state index >= 15 is 0 Å². The predicted molar refractivity (Wildman–Crippen MR) is 220 cm³/mol. The highest BCUT2D eigenvalue weighted by atomic mass is 16.5. The van der Waals surface area contributed by atoms with Crippen molar-refractivity contribution in [1.29, 1.82) is 0 Å². The minimum Gasteiger partial charge on any atom is -0.508 e. The van der Waals surface area contributed by atoms with Crippen molar-refractivity contribution in [3.63, 3.8) is 0 Å². The molecule has 4 aromatic carbocycles. The van der Waals surface area contributed by atoms with Crippen LogP contribution in [-0.2, 0) is 11.2 Å². The Morgan fingerprint density at radius 3 is 2.28 bits per heavy atom. The van der Waals surface area contributed by atoms with Gasteiger partial charge in [0.2, 0.25) is 5.91 Å². The molecule has 58 heavy (non-hydrogen) atoms. The Morgan fingerprint density at radius 1 is 0.759 bits per heavy atom.